The molecule has 2 heteroatoms. The molecule has 0 spiro atoms. The number of aliphatic hydroxyl groups excluding tert-OH is 2. The van der Waals surface area contributed by atoms with Crippen LogP contribution in [-0.2, 0) is 0 Å². The van der Waals surface area contributed by atoms with Gasteiger partial charge in [-0.05, 0) is 24.3 Å². The lowest BCUT2D eigenvalue weighted by Gasteiger charge is -2.21. The number of hydrogen-bond donors (Lipinski definition) is 2. The standard InChI is InChI=1S/C8H14O2/c1-6-2-3-8(10)7(4-6)5-9/h4,6,8-10H,2-3,5H2,1H3. The zero-order valence-electron chi connectivity index (χ0n) is 6.25. The highest BCUT2D eigenvalue weighted by atomic mass is 16.3. The molecule has 2 unspecified atom stereocenters. The summed E-state index contributed by atoms with van der Waals surface area (Å²) in [6.45, 7) is 2.10. The van der Waals surface area contributed by atoms with Crippen LogP contribution in [0.5, 0.6) is 0 Å². The molecule has 0 aromatic heterocycles. The number of aliphatic hydroxyl groups is 2. The SMILES string of the molecule is CC1C=C(CO)C(O)CC1. The first-order valence-corrected chi connectivity index (χ1v) is 3.73. The molecular formula is C8H14O2. The Bertz CT molecular complexity index is 140. The van der Waals surface area contributed by atoms with Crippen molar-refractivity contribution >= 4 is 0 Å². The van der Waals surface area contributed by atoms with Gasteiger partial charge < -0.3 is 10.2 Å². The van der Waals surface area contributed by atoms with E-state index in [0.29, 0.717) is 5.92 Å². The van der Waals surface area contributed by atoms with E-state index in [1.165, 1.54) is 0 Å². The Balaban J connectivity index is 2.62. The number of allylic oxidation sites excluding steroid dienone is 1. The third kappa shape index (κ3) is 1.58. The fourth-order valence-electron chi connectivity index (χ4n) is 1.32. The molecule has 0 radical (unpaired) electrons. The molecule has 0 aliphatic heterocycles. The lowest BCUT2D eigenvalue weighted by molar-refractivity contribution is 0.162. The van der Waals surface area contributed by atoms with Crippen LogP contribution in [0.25, 0.3) is 0 Å². The fraction of sp³-hybridized carbons (Fsp3) is 0.750. The van der Waals surface area contributed by atoms with Crippen LogP contribution in [0.3, 0.4) is 0 Å². The van der Waals surface area contributed by atoms with E-state index in [2.05, 4.69) is 6.92 Å². The van der Waals surface area contributed by atoms with E-state index < -0.39 is 0 Å². The van der Waals surface area contributed by atoms with Crippen molar-refractivity contribution < 1.29 is 10.2 Å². The summed E-state index contributed by atoms with van der Waals surface area (Å²) in [5.41, 5.74) is 0.791. The van der Waals surface area contributed by atoms with E-state index in [1.807, 2.05) is 6.08 Å². The molecular weight excluding hydrogens is 128 g/mol. The van der Waals surface area contributed by atoms with Crippen LogP contribution in [0.15, 0.2) is 11.6 Å². The van der Waals surface area contributed by atoms with E-state index in [4.69, 9.17) is 5.11 Å². The average molecular weight is 142 g/mol. The van der Waals surface area contributed by atoms with Gasteiger partial charge in [-0.15, -0.1) is 0 Å². The number of rotatable bonds is 1. The smallest absolute Gasteiger partial charge is 0.0772 e. The first-order valence-electron chi connectivity index (χ1n) is 3.73. The van der Waals surface area contributed by atoms with Crippen molar-refractivity contribution in [2.45, 2.75) is 25.9 Å². The van der Waals surface area contributed by atoms with Gasteiger partial charge in [0.2, 0.25) is 0 Å². The summed E-state index contributed by atoms with van der Waals surface area (Å²) < 4.78 is 0. The molecule has 2 N–H and O–H groups in total. The Labute approximate surface area is 61.2 Å². The Hall–Kier alpha value is -0.340. The van der Waals surface area contributed by atoms with Crippen LogP contribution in [-0.4, -0.2) is 22.9 Å². The van der Waals surface area contributed by atoms with Crippen LogP contribution in [0.1, 0.15) is 19.8 Å². The van der Waals surface area contributed by atoms with E-state index in [1.54, 1.807) is 0 Å². The van der Waals surface area contributed by atoms with Gasteiger partial charge in [0.15, 0.2) is 0 Å². The van der Waals surface area contributed by atoms with Crippen molar-refractivity contribution in [3.05, 3.63) is 11.6 Å². The fourth-order valence-corrected chi connectivity index (χ4v) is 1.32. The predicted molar refractivity (Wildman–Crippen MR) is 39.6 cm³/mol. The van der Waals surface area contributed by atoms with Crippen LogP contribution >= 0.6 is 0 Å². The van der Waals surface area contributed by atoms with E-state index in [9.17, 15) is 5.11 Å². The van der Waals surface area contributed by atoms with Crippen molar-refractivity contribution in [3.8, 4) is 0 Å². The zero-order chi connectivity index (χ0) is 7.56. The van der Waals surface area contributed by atoms with Crippen molar-refractivity contribution in [2.75, 3.05) is 6.61 Å². The van der Waals surface area contributed by atoms with Gasteiger partial charge in [-0.1, -0.05) is 13.0 Å². The molecule has 0 saturated carbocycles. The quantitative estimate of drug-likeness (QED) is 0.529. The van der Waals surface area contributed by atoms with Gasteiger partial charge in [-0.3, -0.25) is 0 Å². The summed E-state index contributed by atoms with van der Waals surface area (Å²) in [5.74, 6) is 0.519. The highest BCUT2D eigenvalue weighted by Crippen LogP contribution is 2.22. The Morgan fingerprint density at radius 1 is 1.60 bits per heavy atom. The van der Waals surface area contributed by atoms with E-state index in [-0.39, 0.29) is 12.7 Å². The minimum atomic E-state index is -0.388. The second kappa shape index (κ2) is 3.17. The summed E-state index contributed by atoms with van der Waals surface area (Å²) in [5, 5.41) is 18.0. The molecule has 0 amide bonds. The molecule has 1 rings (SSSR count). The molecule has 0 heterocycles. The molecule has 0 saturated heterocycles. The first kappa shape index (κ1) is 7.76. The van der Waals surface area contributed by atoms with E-state index in [0.717, 1.165) is 18.4 Å². The van der Waals surface area contributed by atoms with Crippen molar-refractivity contribution in [2.24, 2.45) is 5.92 Å². The molecule has 0 aromatic carbocycles. The maximum Gasteiger partial charge on any atom is 0.0772 e. The molecule has 0 bridgehead atoms. The monoisotopic (exact) mass is 142 g/mol. The summed E-state index contributed by atoms with van der Waals surface area (Å²) in [6, 6.07) is 0. The van der Waals surface area contributed by atoms with Crippen LogP contribution in [0.4, 0.5) is 0 Å². The molecule has 1 aliphatic rings. The second-order valence-corrected chi connectivity index (χ2v) is 2.97. The van der Waals surface area contributed by atoms with Crippen molar-refractivity contribution in [1.82, 2.24) is 0 Å². The Morgan fingerprint density at radius 3 is 2.80 bits per heavy atom. The Morgan fingerprint density at radius 2 is 2.30 bits per heavy atom. The van der Waals surface area contributed by atoms with Crippen molar-refractivity contribution in [3.63, 3.8) is 0 Å². The molecule has 1 aliphatic carbocycles. The van der Waals surface area contributed by atoms with Crippen molar-refractivity contribution in [1.29, 1.82) is 0 Å². The molecule has 2 nitrogen and oxygen atoms in total. The van der Waals surface area contributed by atoms with Gasteiger partial charge in [-0.25, -0.2) is 0 Å². The zero-order valence-corrected chi connectivity index (χ0v) is 6.25. The normalized spacial score (nSPS) is 33.7. The molecule has 58 valence electrons. The third-order valence-electron chi connectivity index (χ3n) is 2.00. The molecule has 10 heavy (non-hydrogen) atoms. The van der Waals surface area contributed by atoms with Gasteiger partial charge in [0.1, 0.15) is 0 Å². The lowest BCUT2D eigenvalue weighted by atomic mass is 9.90. The van der Waals surface area contributed by atoms with Gasteiger partial charge in [0.25, 0.3) is 0 Å². The van der Waals surface area contributed by atoms with Gasteiger partial charge in [0.05, 0.1) is 12.7 Å². The van der Waals surface area contributed by atoms with Crippen LogP contribution in [0, 0.1) is 5.92 Å². The summed E-state index contributed by atoms with van der Waals surface area (Å²) >= 11 is 0. The summed E-state index contributed by atoms with van der Waals surface area (Å²) in [4.78, 5) is 0. The minimum absolute atomic E-state index is 0.00546. The largest absolute Gasteiger partial charge is 0.392 e. The van der Waals surface area contributed by atoms with Gasteiger partial charge in [-0.2, -0.15) is 0 Å². The second-order valence-electron chi connectivity index (χ2n) is 2.97. The third-order valence-corrected chi connectivity index (χ3v) is 2.00. The maximum atomic E-state index is 9.26. The summed E-state index contributed by atoms with van der Waals surface area (Å²) in [7, 11) is 0. The topological polar surface area (TPSA) is 40.5 Å². The molecule has 2 atom stereocenters. The molecule has 0 aromatic rings. The summed E-state index contributed by atoms with van der Waals surface area (Å²) in [6.07, 6.45) is 3.41. The van der Waals surface area contributed by atoms with Gasteiger partial charge in [0, 0.05) is 0 Å². The van der Waals surface area contributed by atoms with Crippen LogP contribution < -0.4 is 0 Å². The Kier molecular flexibility index (Phi) is 2.46. The lowest BCUT2D eigenvalue weighted by Crippen LogP contribution is -2.19. The predicted octanol–water partition coefficient (Wildman–Crippen LogP) is 0.696. The van der Waals surface area contributed by atoms with Crippen LogP contribution in [0.2, 0.25) is 0 Å². The average Bonchev–Trinajstić information content (AvgIpc) is 1.94. The molecule has 0 fully saturated rings. The highest BCUT2D eigenvalue weighted by Gasteiger charge is 2.16. The van der Waals surface area contributed by atoms with Gasteiger partial charge >= 0.3 is 0 Å². The van der Waals surface area contributed by atoms with E-state index >= 15 is 0 Å². The maximum absolute atomic E-state index is 9.26. The minimum Gasteiger partial charge on any atom is -0.392 e. The highest BCUT2D eigenvalue weighted by molar-refractivity contribution is 5.12. The first-order chi connectivity index (χ1) is 4.74. The number of hydrogen-bond acceptors (Lipinski definition) is 2.